The number of aryl methyl sites for hydroxylation is 1. The Bertz CT molecular complexity index is 862. The minimum atomic E-state index is -3.55. The van der Waals surface area contributed by atoms with Crippen LogP contribution in [0.15, 0.2) is 53.4 Å². The minimum absolute atomic E-state index is 0.121. The Kier molecular flexibility index (Phi) is 6.39. The summed E-state index contributed by atoms with van der Waals surface area (Å²) in [5.41, 5.74) is 2.60. The number of nitrogens with zero attached hydrogens (tertiary/aromatic N) is 1. The van der Waals surface area contributed by atoms with Gasteiger partial charge in [0.2, 0.25) is 10.0 Å². The monoisotopic (exact) mass is 375 g/mol. The Hall–Kier alpha value is -2.38. The van der Waals surface area contributed by atoms with Crippen LogP contribution in [0.1, 0.15) is 30.5 Å². The maximum absolute atomic E-state index is 12.3. The highest BCUT2D eigenvalue weighted by Crippen LogP contribution is 2.20. The summed E-state index contributed by atoms with van der Waals surface area (Å²) in [6, 6.07) is 13.7. The van der Waals surface area contributed by atoms with Gasteiger partial charge in [-0.25, -0.2) is 17.5 Å². The summed E-state index contributed by atoms with van der Waals surface area (Å²) in [7, 11) is -0.613. The molecule has 140 valence electrons. The zero-order valence-electron chi connectivity index (χ0n) is 15.5. The molecule has 0 heterocycles. The molecule has 0 bridgehead atoms. The Morgan fingerprint density at radius 1 is 1.12 bits per heavy atom. The van der Waals surface area contributed by atoms with E-state index < -0.39 is 10.0 Å². The van der Waals surface area contributed by atoms with Crippen LogP contribution in [0.25, 0.3) is 0 Å². The van der Waals surface area contributed by atoms with Gasteiger partial charge in [0, 0.05) is 19.8 Å². The van der Waals surface area contributed by atoms with E-state index in [-0.39, 0.29) is 17.0 Å². The molecule has 2 aromatic rings. The zero-order chi connectivity index (χ0) is 19.3. The molecule has 7 heteroatoms. The van der Waals surface area contributed by atoms with Crippen molar-refractivity contribution in [1.29, 1.82) is 0 Å². The van der Waals surface area contributed by atoms with Gasteiger partial charge in [0.05, 0.1) is 10.9 Å². The first-order chi connectivity index (χ1) is 12.2. The summed E-state index contributed by atoms with van der Waals surface area (Å²) in [5, 5.41) is 5.63. The molecule has 2 N–H and O–H groups in total. The molecular weight excluding hydrogens is 350 g/mol. The quantitative estimate of drug-likeness (QED) is 0.811. The van der Waals surface area contributed by atoms with Gasteiger partial charge in [-0.15, -0.1) is 0 Å². The Labute approximate surface area is 155 Å². The molecular formula is C19H25N3O3S. The number of rotatable bonds is 6. The van der Waals surface area contributed by atoms with Gasteiger partial charge >= 0.3 is 6.03 Å². The summed E-state index contributed by atoms with van der Waals surface area (Å²) >= 11 is 0. The lowest BCUT2D eigenvalue weighted by atomic mass is 10.0. The molecule has 0 fully saturated rings. The largest absolute Gasteiger partial charge is 0.331 e. The van der Waals surface area contributed by atoms with Crippen molar-refractivity contribution in [2.75, 3.05) is 19.4 Å². The van der Waals surface area contributed by atoms with E-state index in [0.717, 1.165) is 21.9 Å². The molecule has 0 saturated carbocycles. The average Bonchev–Trinajstić information content (AvgIpc) is 2.60. The van der Waals surface area contributed by atoms with E-state index in [0.29, 0.717) is 5.69 Å². The first kappa shape index (κ1) is 19.9. The highest BCUT2D eigenvalue weighted by molar-refractivity contribution is 7.89. The van der Waals surface area contributed by atoms with Gasteiger partial charge in [-0.2, -0.15) is 0 Å². The van der Waals surface area contributed by atoms with Crippen LogP contribution in [0.3, 0.4) is 0 Å². The molecule has 0 radical (unpaired) electrons. The number of sulfonamides is 1. The molecule has 0 aliphatic carbocycles. The Morgan fingerprint density at radius 3 is 2.35 bits per heavy atom. The van der Waals surface area contributed by atoms with Crippen molar-refractivity contribution in [1.82, 2.24) is 9.62 Å². The fourth-order valence-electron chi connectivity index (χ4n) is 2.49. The fraction of sp³-hybridized carbons (Fsp3) is 0.316. The van der Waals surface area contributed by atoms with Gasteiger partial charge in [-0.1, -0.05) is 42.8 Å². The average molecular weight is 375 g/mol. The zero-order valence-corrected chi connectivity index (χ0v) is 16.3. The van der Waals surface area contributed by atoms with Crippen molar-refractivity contribution in [3.05, 3.63) is 59.7 Å². The summed E-state index contributed by atoms with van der Waals surface area (Å²) in [5.74, 6) is 0. The van der Waals surface area contributed by atoms with Crippen LogP contribution in [-0.4, -0.2) is 32.8 Å². The Balaban J connectivity index is 2.11. The molecule has 0 aromatic heterocycles. The second-order valence-electron chi connectivity index (χ2n) is 6.29. The van der Waals surface area contributed by atoms with E-state index in [1.807, 2.05) is 38.1 Å². The molecule has 2 amide bonds. The number of urea groups is 1. The van der Waals surface area contributed by atoms with Gasteiger partial charge in [0.1, 0.15) is 0 Å². The highest BCUT2D eigenvalue weighted by Gasteiger charge is 2.18. The summed E-state index contributed by atoms with van der Waals surface area (Å²) in [6.45, 7) is 4.01. The molecule has 0 saturated heterocycles. The molecule has 1 atom stereocenters. The van der Waals surface area contributed by atoms with E-state index in [9.17, 15) is 13.2 Å². The standard InChI is InChI=1S/C19H25N3O3S/c1-5-18(15-11-9-14(2)10-12-15)21-19(23)20-16-7-6-8-17(13-16)26(24,25)22(3)4/h6-13,18H,5H2,1-4H3,(H2,20,21,23)/t18-/m0/s1. The molecule has 0 aliphatic heterocycles. The van der Waals surface area contributed by atoms with Crippen molar-refractivity contribution < 1.29 is 13.2 Å². The van der Waals surface area contributed by atoms with E-state index in [2.05, 4.69) is 10.6 Å². The molecule has 2 aromatic carbocycles. The number of carbonyl (C=O) groups is 1. The Morgan fingerprint density at radius 2 is 1.77 bits per heavy atom. The lowest BCUT2D eigenvalue weighted by Gasteiger charge is -2.18. The van der Waals surface area contributed by atoms with Crippen molar-refractivity contribution in [2.45, 2.75) is 31.2 Å². The second-order valence-corrected chi connectivity index (χ2v) is 8.44. The number of hydrogen-bond donors (Lipinski definition) is 2. The number of benzene rings is 2. The second kappa shape index (κ2) is 8.33. The molecule has 0 unspecified atom stereocenters. The van der Waals surface area contributed by atoms with Gasteiger partial charge in [-0.3, -0.25) is 0 Å². The third-order valence-corrected chi connectivity index (χ3v) is 5.87. The lowest BCUT2D eigenvalue weighted by molar-refractivity contribution is 0.248. The third-order valence-electron chi connectivity index (χ3n) is 4.06. The fourth-order valence-corrected chi connectivity index (χ4v) is 3.44. The topological polar surface area (TPSA) is 78.5 Å². The summed E-state index contributed by atoms with van der Waals surface area (Å²) in [4.78, 5) is 12.5. The van der Waals surface area contributed by atoms with E-state index in [1.165, 1.54) is 26.2 Å². The van der Waals surface area contributed by atoms with Crippen LogP contribution < -0.4 is 10.6 Å². The van der Waals surface area contributed by atoms with Gasteiger partial charge < -0.3 is 10.6 Å². The maximum atomic E-state index is 12.3. The van der Waals surface area contributed by atoms with E-state index in [4.69, 9.17) is 0 Å². The number of carbonyl (C=O) groups excluding carboxylic acids is 1. The summed E-state index contributed by atoms with van der Waals surface area (Å²) < 4.78 is 25.5. The van der Waals surface area contributed by atoms with Crippen molar-refractivity contribution in [3.8, 4) is 0 Å². The summed E-state index contributed by atoms with van der Waals surface area (Å²) in [6.07, 6.45) is 0.742. The van der Waals surface area contributed by atoms with Crippen LogP contribution in [-0.2, 0) is 10.0 Å². The predicted octanol–water partition coefficient (Wildman–Crippen LogP) is 3.52. The first-order valence-corrected chi connectivity index (χ1v) is 9.84. The maximum Gasteiger partial charge on any atom is 0.319 e. The van der Waals surface area contributed by atoms with Crippen LogP contribution in [0.2, 0.25) is 0 Å². The van der Waals surface area contributed by atoms with Crippen LogP contribution in [0.5, 0.6) is 0 Å². The number of hydrogen-bond acceptors (Lipinski definition) is 3. The van der Waals surface area contributed by atoms with Gasteiger partial charge in [0.15, 0.2) is 0 Å². The highest BCUT2D eigenvalue weighted by atomic mass is 32.2. The third kappa shape index (κ3) is 4.83. The number of nitrogens with one attached hydrogen (secondary N) is 2. The normalized spacial score (nSPS) is 12.7. The van der Waals surface area contributed by atoms with Crippen molar-refractivity contribution in [2.24, 2.45) is 0 Å². The van der Waals surface area contributed by atoms with Gasteiger partial charge in [0.25, 0.3) is 0 Å². The first-order valence-electron chi connectivity index (χ1n) is 8.40. The lowest BCUT2D eigenvalue weighted by Crippen LogP contribution is -2.32. The van der Waals surface area contributed by atoms with Crippen LogP contribution in [0, 0.1) is 6.92 Å². The number of amides is 2. The van der Waals surface area contributed by atoms with Crippen LogP contribution in [0.4, 0.5) is 10.5 Å². The minimum Gasteiger partial charge on any atom is -0.331 e. The molecule has 0 spiro atoms. The molecule has 26 heavy (non-hydrogen) atoms. The van der Waals surface area contributed by atoms with Crippen LogP contribution >= 0.6 is 0 Å². The van der Waals surface area contributed by atoms with E-state index >= 15 is 0 Å². The number of anilines is 1. The van der Waals surface area contributed by atoms with Crippen molar-refractivity contribution in [3.63, 3.8) is 0 Å². The smallest absolute Gasteiger partial charge is 0.319 e. The molecule has 2 rings (SSSR count). The molecule has 0 aliphatic rings. The molecule has 6 nitrogen and oxygen atoms in total. The predicted molar refractivity (Wildman–Crippen MR) is 104 cm³/mol. The van der Waals surface area contributed by atoms with Gasteiger partial charge in [-0.05, 0) is 37.1 Å². The SMILES string of the molecule is CC[C@H](NC(=O)Nc1cccc(S(=O)(=O)N(C)C)c1)c1ccc(C)cc1. The van der Waals surface area contributed by atoms with Crippen molar-refractivity contribution >= 4 is 21.7 Å². The van der Waals surface area contributed by atoms with E-state index in [1.54, 1.807) is 12.1 Å².